The van der Waals surface area contributed by atoms with Gasteiger partial charge in [-0.15, -0.1) is 0 Å². The summed E-state index contributed by atoms with van der Waals surface area (Å²) < 4.78 is 18.2. The van der Waals surface area contributed by atoms with Gasteiger partial charge in [0, 0.05) is 19.2 Å². The lowest BCUT2D eigenvalue weighted by Crippen LogP contribution is -2.28. The molecule has 110 valence electrons. The molecule has 1 amide bonds. The lowest BCUT2D eigenvalue weighted by atomic mass is 9.97. The standard InChI is InChI=1S/C16H17FN2O2/c1-11-8-12(2-3-14(11)17)9-13-5-7-19(10-13)16(20)15-4-6-18-21-15/h2-4,6,8,13H,5,7,9-10H2,1H3. The third-order valence-corrected chi connectivity index (χ3v) is 3.97. The number of halogens is 1. The number of rotatable bonds is 3. The molecule has 1 saturated heterocycles. The normalized spacial score (nSPS) is 18.2. The van der Waals surface area contributed by atoms with E-state index >= 15 is 0 Å². The van der Waals surface area contributed by atoms with E-state index in [-0.39, 0.29) is 17.5 Å². The first kappa shape index (κ1) is 13.8. The largest absolute Gasteiger partial charge is 0.351 e. The number of carbonyl (C=O) groups excluding carboxylic acids is 1. The molecule has 21 heavy (non-hydrogen) atoms. The number of benzene rings is 1. The Hall–Kier alpha value is -2.17. The van der Waals surface area contributed by atoms with Crippen LogP contribution in [0.3, 0.4) is 0 Å². The van der Waals surface area contributed by atoms with Gasteiger partial charge in [-0.3, -0.25) is 4.79 Å². The third kappa shape index (κ3) is 2.96. The van der Waals surface area contributed by atoms with Gasteiger partial charge in [-0.05, 0) is 42.9 Å². The first-order valence-corrected chi connectivity index (χ1v) is 7.08. The zero-order valence-electron chi connectivity index (χ0n) is 11.9. The molecule has 1 fully saturated rings. The van der Waals surface area contributed by atoms with Crippen LogP contribution in [0, 0.1) is 18.7 Å². The maximum Gasteiger partial charge on any atom is 0.292 e. The van der Waals surface area contributed by atoms with Crippen molar-refractivity contribution in [3.8, 4) is 0 Å². The average molecular weight is 288 g/mol. The number of hydrogen-bond donors (Lipinski definition) is 0. The summed E-state index contributed by atoms with van der Waals surface area (Å²) in [6, 6.07) is 6.80. The molecule has 2 aromatic rings. The number of likely N-dealkylation sites (tertiary alicyclic amines) is 1. The number of hydrogen-bond acceptors (Lipinski definition) is 3. The van der Waals surface area contributed by atoms with Crippen molar-refractivity contribution in [1.82, 2.24) is 10.1 Å². The average Bonchev–Trinajstić information content (AvgIpc) is 3.13. The molecule has 0 bridgehead atoms. The van der Waals surface area contributed by atoms with E-state index in [0.29, 0.717) is 18.0 Å². The summed E-state index contributed by atoms with van der Waals surface area (Å²) in [5.74, 6) is 0.410. The number of carbonyl (C=O) groups is 1. The molecule has 1 unspecified atom stereocenters. The van der Waals surface area contributed by atoms with Crippen LogP contribution >= 0.6 is 0 Å². The Labute approximate surface area is 122 Å². The van der Waals surface area contributed by atoms with Crippen molar-refractivity contribution in [2.75, 3.05) is 13.1 Å². The van der Waals surface area contributed by atoms with E-state index in [4.69, 9.17) is 4.52 Å². The zero-order chi connectivity index (χ0) is 14.8. The second kappa shape index (κ2) is 5.68. The monoisotopic (exact) mass is 288 g/mol. The third-order valence-electron chi connectivity index (χ3n) is 3.97. The minimum atomic E-state index is -0.174. The van der Waals surface area contributed by atoms with Crippen LogP contribution in [0.4, 0.5) is 4.39 Å². The minimum Gasteiger partial charge on any atom is -0.351 e. The van der Waals surface area contributed by atoms with Crippen molar-refractivity contribution in [2.24, 2.45) is 5.92 Å². The van der Waals surface area contributed by atoms with Gasteiger partial charge in [0.1, 0.15) is 5.82 Å². The van der Waals surface area contributed by atoms with Crippen molar-refractivity contribution in [2.45, 2.75) is 19.8 Å². The van der Waals surface area contributed by atoms with Crippen LogP contribution in [-0.2, 0) is 6.42 Å². The Bertz CT molecular complexity index is 640. The second-order valence-corrected chi connectivity index (χ2v) is 5.57. The van der Waals surface area contributed by atoms with Crippen LogP contribution in [-0.4, -0.2) is 29.1 Å². The minimum absolute atomic E-state index is 0.106. The molecule has 4 nitrogen and oxygen atoms in total. The van der Waals surface area contributed by atoms with Gasteiger partial charge in [0.25, 0.3) is 5.91 Å². The summed E-state index contributed by atoms with van der Waals surface area (Å²) in [5.41, 5.74) is 1.79. The van der Waals surface area contributed by atoms with Crippen LogP contribution < -0.4 is 0 Å². The lowest BCUT2D eigenvalue weighted by molar-refractivity contribution is 0.0745. The molecule has 2 heterocycles. The van der Waals surface area contributed by atoms with Gasteiger partial charge in [-0.1, -0.05) is 17.3 Å². The highest BCUT2D eigenvalue weighted by molar-refractivity contribution is 5.91. The molecule has 1 atom stereocenters. The Morgan fingerprint density at radius 3 is 3.05 bits per heavy atom. The van der Waals surface area contributed by atoms with Gasteiger partial charge in [0.15, 0.2) is 0 Å². The van der Waals surface area contributed by atoms with Crippen LogP contribution in [0.15, 0.2) is 35.0 Å². The SMILES string of the molecule is Cc1cc(CC2CCN(C(=O)c3ccno3)C2)ccc1F. The Morgan fingerprint density at radius 1 is 1.48 bits per heavy atom. The predicted molar refractivity (Wildman–Crippen MR) is 75.4 cm³/mol. The lowest BCUT2D eigenvalue weighted by Gasteiger charge is -2.15. The van der Waals surface area contributed by atoms with Crippen molar-refractivity contribution >= 4 is 5.91 Å². The fraction of sp³-hybridized carbons (Fsp3) is 0.375. The highest BCUT2D eigenvalue weighted by atomic mass is 19.1. The van der Waals surface area contributed by atoms with Crippen molar-refractivity contribution in [3.05, 3.63) is 53.2 Å². The molecule has 0 aliphatic carbocycles. The predicted octanol–water partition coefficient (Wildman–Crippen LogP) is 2.83. The summed E-state index contributed by atoms with van der Waals surface area (Å²) >= 11 is 0. The molecule has 0 radical (unpaired) electrons. The number of aryl methyl sites for hydroxylation is 1. The molecule has 1 aromatic heterocycles. The number of nitrogens with zero attached hydrogens (tertiary/aromatic N) is 2. The molecule has 0 saturated carbocycles. The quantitative estimate of drug-likeness (QED) is 0.872. The smallest absolute Gasteiger partial charge is 0.292 e. The van der Waals surface area contributed by atoms with E-state index in [1.54, 1.807) is 17.9 Å². The fourth-order valence-electron chi connectivity index (χ4n) is 2.83. The summed E-state index contributed by atoms with van der Waals surface area (Å²) in [4.78, 5) is 13.9. The zero-order valence-corrected chi connectivity index (χ0v) is 11.9. The van der Waals surface area contributed by atoms with E-state index in [2.05, 4.69) is 5.16 Å². The fourth-order valence-corrected chi connectivity index (χ4v) is 2.83. The number of aromatic nitrogens is 1. The molecule has 5 heteroatoms. The van der Waals surface area contributed by atoms with E-state index in [0.717, 1.165) is 24.9 Å². The van der Waals surface area contributed by atoms with E-state index in [1.165, 1.54) is 12.3 Å². The highest BCUT2D eigenvalue weighted by Gasteiger charge is 2.28. The van der Waals surface area contributed by atoms with E-state index in [1.807, 2.05) is 12.1 Å². The molecule has 1 aromatic carbocycles. The van der Waals surface area contributed by atoms with Gasteiger partial charge < -0.3 is 9.42 Å². The first-order chi connectivity index (χ1) is 10.1. The van der Waals surface area contributed by atoms with Crippen molar-refractivity contribution in [3.63, 3.8) is 0 Å². The van der Waals surface area contributed by atoms with Crippen LogP contribution in [0.5, 0.6) is 0 Å². The van der Waals surface area contributed by atoms with E-state index in [9.17, 15) is 9.18 Å². The molecule has 1 aliphatic heterocycles. The van der Waals surface area contributed by atoms with Crippen molar-refractivity contribution < 1.29 is 13.7 Å². The topological polar surface area (TPSA) is 46.3 Å². The van der Waals surface area contributed by atoms with Gasteiger partial charge in [0.2, 0.25) is 5.76 Å². The second-order valence-electron chi connectivity index (χ2n) is 5.57. The molecular formula is C16H17FN2O2. The number of amides is 1. The highest BCUT2D eigenvalue weighted by Crippen LogP contribution is 2.23. The van der Waals surface area contributed by atoms with Crippen LogP contribution in [0.1, 0.15) is 28.1 Å². The van der Waals surface area contributed by atoms with Gasteiger partial charge >= 0.3 is 0 Å². The first-order valence-electron chi connectivity index (χ1n) is 7.08. The summed E-state index contributed by atoms with van der Waals surface area (Å²) in [6.07, 6.45) is 3.29. The van der Waals surface area contributed by atoms with Crippen molar-refractivity contribution in [1.29, 1.82) is 0 Å². The molecule has 3 rings (SSSR count). The summed E-state index contributed by atoms with van der Waals surface area (Å²) in [6.45, 7) is 3.20. The molecule has 0 N–H and O–H groups in total. The van der Waals surface area contributed by atoms with E-state index < -0.39 is 0 Å². The van der Waals surface area contributed by atoms with Gasteiger partial charge in [0.05, 0.1) is 6.20 Å². The summed E-state index contributed by atoms with van der Waals surface area (Å²) in [7, 11) is 0. The molecular weight excluding hydrogens is 271 g/mol. The summed E-state index contributed by atoms with van der Waals surface area (Å²) in [5, 5.41) is 3.56. The Morgan fingerprint density at radius 2 is 2.33 bits per heavy atom. The maximum absolute atomic E-state index is 13.3. The van der Waals surface area contributed by atoms with Gasteiger partial charge in [-0.25, -0.2) is 4.39 Å². The Kier molecular flexibility index (Phi) is 3.73. The van der Waals surface area contributed by atoms with Crippen LogP contribution in [0.2, 0.25) is 0 Å². The maximum atomic E-state index is 13.3. The van der Waals surface area contributed by atoms with Gasteiger partial charge in [-0.2, -0.15) is 0 Å². The van der Waals surface area contributed by atoms with Crippen LogP contribution in [0.25, 0.3) is 0 Å². The molecule has 0 spiro atoms. The Balaban J connectivity index is 1.62. The molecule has 1 aliphatic rings.